The molecular formula is C47H91NO5. The van der Waals surface area contributed by atoms with Crippen molar-refractivity contribution in [2.24, 2.45) is 16.7 Å². The molecule has 1 N–H and O–H groups in total. The Morgan fingerprint density at radius 2 is 1.09 bits per heavy atom. The summed E-state index contributed by atoms with van der Waals surface area (Å²) in [6.45, 7) is 15.6. The number of aliphatic hydroxyl groups excluding tert-OH is 1. The number of carbonyl (C=O) groups excluding carboxylic acids is 2. The SMILES string of the molecule is CCCCCCCCCOC(=O)C(C)(C)CCCCCCN(CCCCO)CCCCCC1(CC(=O)OCCCC(CCCCC)CCCCC)CC1. The summed E-state index contributed by atoms with van der Waals surface area (Å²) in [6, 6.07) is 0. The Morgan fingerprint density at radius 3 is 1.70 bits per heavy atom. The third-order valence-electron chi connectivity index (χ3n) is 12.1. The molecule has 0 saturated heterocycles. The first kappa shape index (κ1) is 49.9. The predicted molar refractivity (Wildman–Crippen MR) is 225 cm³/mol. The van der Waals surface area contributed by atoms with Crippen LogP contribution in [0.3, 0.4) is 0 Å². The van der Waals surface area contributed by atoms with E-state index in [2.05, 4.69) is 25.7 Å². The van der Waals surface area contributed by atoms with Gasteiger partial charge < -0.3 is 19.5 Å². The van der Waals surface area contributed by atoms with E-state index in [1.165, 1.54) is 135 Å². The number of unbranched alkanes of at least 4 members (excludes halogenated alkanes) is 16. The highest BCUT2D eigenvalue weighted by Crippen LogP contribution is 2.53. The van der Waals surface area contributed by atoms with Crippen molar-refractivity contribution in [1.29, 1.82) is 0 Å². The van der Waals surface area contributed by atoms with E-state index in [1.54, 1.807) is 0 Å². The van der Waals surface area contributed by atoms with E-state index in [0.717, 1.165) is 83.3 Å². The minimum Gasteiger partial charge on any atom is -0.466 e. The van der Waals surface area contributed by atoms with E-state index >= 15 is 0 Å². The van der Waals surface area contributed by atoms with Crippen molar-refractivity contribution in [3.8, 4) is 0 Å². The second-order valence-corrected chi connectivity index (χ2v) is 17.8. The van der Waals surface area contributed by atoms with E-state index in [-0.39, 0.29) is 24.0 Å². The van der Waals surface area contributed by atoms with Crippen molar-refractivity contribution >= 4 is 11.9 Å². The molecule has 0 radical (unpaired) electrons. The van der Waals surface area contributed by atoms with Gasteiger partial charge in [0, 0.05) is 6.61 Å². The average molecular weight is 750 g/mol. The molecule has 1 saturated carbocycles. The summed E-state index contributed by atoms with van der Waals surface area (Å²) in [5, 5.41) is 9.33. The van der Waals surface area contributed by atoms with Crippen LogP contribution in [-0.2, 0) is 19.1 Å². The second kappa shape index (κ2) is 33.0. The fourth-order valence-electron chi connectivity index (χ4n) is 7.98. The molecule has 0 aromatic carbocycles. The van der Waals surface area contributed by atoms with Gasteiger partial charge in [0.05, 0.1) is 25.0 Å². The number of ether oxygens (including phenoxy) is 2. The molecule has 1 fully saturated rings. The fourth-order valence-corrected chi connectivity index (χ4v) is 7.98. The molecule has 0 aromatic heterocycles. The number of hydrogen-bond donors (Lipinski definition) is 1. The number of aliphatic hydroxyl groups is 1. The van der Waals surface area contributed by atoms with Crippen LogP contribution in [0.1, 0.15) is 234 Å². The molecule has 1 rings (SSSR count). The van der Waals surface area contributed by atoms with Crippen molar-refractivity contribution in [1.82, 2.24) is 4.90 Å². The van der Waals surface area contributed by atoms with Crippen LogP contribution in [0.5, 0.6) is 0 Å². The monoisotopic (exact) mass is 750 g/mol. The summed E-state index contributed by atoms with van der Waals surface area (Å²) >= 11 is 0. The Labute approximate surface area is 330 Å². The first-order chi connectivity index (χ1) is 25.7. The number of esters is 2. The smallest absolute Gasteiger partial charge is 0.311 e. The summed E-state index contributed by atoms with van der Waals surface area (Å²) in [5.41, 5.74) is -0.179. The first-order valence-corrected chi connectivity index (χ1v) is 23.4. The second-order valence-electron chi connectivity index (χ2n) is 17.8. The highest BCUT2D eigenvalue weighted by molar-refractivity contribution is 5.75. The molecule has 6 nitrogen and oxygen atoms in total. The van der Waals surface area contributed by atoms with Gasteiger partial charge in [-0.1, -0.05) is 143 Å². The highest BCUT2D eigenvalue weighted by atomic mass is 16.5. The molecule has 0 unspecified atom stereocenters. The molecule has 0 aliphatic heterocycles. The van der Waals surface area contributed by atoms with Gasteiger partial charge >= 0.3 is 11.9 Å². The van der Waals surface area contributed by atoms with E-state index in [9.17, 15) is 14.7 Å². The van der Waals surface area contributed by atoms with E-state index < -0.39 is 5.41 Å². The zero-order valence-electron chi connectivity index (χ0n) is 36.3. The summed E-state index contributed by atoms with van der Waals surface area (Å²) < 4.78 is 11.4. The number of rotatable bonds is 40. The van der Waals surface area contributed by atoms with Gasteiger partial charge in [-0.25, -0.2) is 0 Å². The maximum absolute atomic E-state index is 12.7. The van der Waals surface area contributed by atoms with Gasteiger partial charge in [0.1, 0.15) is 0 Å². The van der Waals surface area contributed by atoms with Gasteiger partial charge in [0.2, 0.25) is 0 Å². The molecule has 0 aromatic rings. The topological polar surface area (TPSA) is 76.1 Å². The molecule has 0 spiro atoms. The van der Waals surface area contributed by atoms with Gasteiger partial charge in [-0.05, 0) is 115 Å². The Bertz CT molecular complexity index is 846. The average Bonchev–Trinajstić information content (AvgIpc) is 3.90. The molecule has 0 heterocycles. The molecule has 0 amide bonds. The lowest BCUT2D eigenvalue weighted by atomic mass is 9.87. The maximum Gasteiger partial charge on any atom is 0.311 e. The zero-order chi connectivity index (χ0) is 38.9. The summed E-state index contributed by atoms with van der Waals surface area (Å²) in [4.78, 5) is 28.0. The van der Waals surface area contributed by atoms with Crippen molar-refractivity contribution < 1.29 is 24.2 Å². The van der Waals surface area contributed by atoms with Gasteiger partial charge in [0.15, 0.2) is 0 Å². The number of carbonyl (C=O) groups is 2. The van der Waals surface area contributed by atoms with Crippen LogP contribution in [0.2, 0.25) is 0 Å². The predicted octanol–water partition coefficient (Wildman–Crippen LogP) is 13.2. The normalized spacial score (nSPS) is 14.0. The molecule has 1 aliphatic carbocycles. The van der Waals surface area contributed by atoms with Crippen LogP contribution in [0.4, 0.5) is 0 Å². The lowest BCUT2D eigenvalue weighted by Crippen LogP contribution is -2.28. The number of nitrogens with zero attached hydrogens (tertiary/aromatic N) is 1. The lowest BCUT2D eigenvalue weighted by Gasteiger charge is -2.23. The molecule has 1 aliphatic rings. The van der Waals surface area contributed by atoms with Crippen LogP contribution in [0, 0.1) is 16.7 Å². The van der Waals surface area contributed by atoms with Crippen molar-refractivity contribution in [3.63, 3.8) is 0 Å². The quantitative estimate of drug-likeness (QED) is 0.0496. The fraction of sp³-hybridized carbons (Fsp3) is 0.957. The molecular weight excluding hydrogens is 659 g/mol. The first-order valence-electron chi connectivity index (χ1n) is 23.4. The standard InChI is InChI=1S/C47H91NO5/c1-6-9-12-13-14-17-27-40-53-45(51)46(4,5)32-21-15-16-23-36-48(38-25-26-39-49)37-24-18-22-33-47(34-35-47)42-44(50)52-41-28-31-43(29-19-10-7-2)30-20-11-8-3/h43,49H,6-42H2,1-5H3. The minimum absolute atomic E-state index is 0.0315. The van der Waals surface area contributed by atoms with Crippen LogP contribution in [-0.4, -0.2) is 61.4 Å². The van der Waals surface area contributed by atoms with E-state index in [1.807, 2.05) is 13.8 Å². The van der Waals surface area contributed by atoms with Crippen molar-refractivity contribution in [2.75, 3.05) is 39.5 Å². The molecule has 0 atom stereocenters. The lowest BCUT2D eigenvalue weighted by molar-refractivity contribution is -0.154. The Hall–Kier alpha value is -1.14. The Balaban J connectivity index is 2.23. The van der Waals surface area contributed by atoms with E-state index in [4.69, 9.17) is 9.47 Å². The third-order valence-corrected chi connectivity index (χ3v) is 12.1. The maximum atomic E-state index is 12.7. The van der Waals surface area contributed by atoms with Gasteiger partial charge in [0.25, 0.3) is 0 Å². The zero-order valence-corrected chi connectivity index (χ0v) is 36.3. The van der Waals surface area contributed by atoms with Crippen LogP contribution >= 0.6 is 0 Å². The molecule has 314 valence electrons. The largest absolute Gasteiger partial charge is 0.466 e. The van der Waals surface area contributed by atoms with Crippen molar-refractivity contribution in [3.05, 3.63) is 0 Å². The Morgan fingerprint density at radius 1 is 0.604 bits per heavy atom. The number of hydrogen-bond acceptors (Lipinski definition) is 6. The third kappa shape index (κ3) is 28.0. The van der Waals surface area contributed by atoms with Crippen LogP contribution < -0.4 is 0 Å². The van der Waals surface area contributed by atoms with Crippen molar-refractivity contribution in [2.45, 2.75) is 234 Å². The Kier molecular flexibility index (Phi) is 31.1. The van der Waals surface area contributed by atoms with Gasteiger partial charge in [-0.2, -0.15) is 0 Å². The summed E-state index contributed by atoms with van der Waals surface area (Å²) in [6.07, 6.45) is 36.6. The highest BCUT2D eigenvalue weighted by Gasteiger charge is 2.43. The van der Waals surface area contributed by atoms with Crippen LogP contribution in [0.25, 0.3) is 0 Å². The minimum atomic E-state index is -0.401. The molecule has 6 heteroatoms. The summed E-state index contributed by atoms with van der Waals surface area (Å²) in [5.74, 6) is 0.807. The summed E-state index contributed by atoms with van der Waals surface area (Å²) in [7, 11) is 0. The van der Waals surface area contributed by atoms with Gasteiger partial charge in [-0.15, -0.1) is 0 Å². The van der Waals surface area contributed by atoms with Crippen LogP contribution in [0.15, 0.2) is 0 Å². The molecule has 0 bridgehead atoms. The van der Waals surface area contributed by atoms with E-state index in [0.29, 0.717) is 19.6 Å². The molecule has 53 heavy (non-hydrogen) atoms. The van der Waals surface area contributed by atoms with Gasteiger partial charge in [-0.3, -0.25) is 9.59 Å².